The Kier molecular flexibility index (Phi) is 7.97. The molecule has 0 aliphatic rings. The van der Waals surface area contributed by atoms with E-state index in [0.717, 1.165) is 32.8 Å². The van der Waals surface area contributed by atoms with Gasteiger partial charge in [-0.15, -0.1) is 0 Å². The monoisotopic (exact) mass is 466 g/mol. The molecule has 0 radical (unpaired) electrons. The average molecular weight is 467 g/mol. The van der Waals surface area contributed by atoms with Gasteiger partial charge in [0.2, 0.25) is 0 Å². The second-order valence-electron chi connectivity index (χ2n) is 6.03. The summed E-state index contributed by atoms with van der Waals surface area (Å²) in [7, 11) is 6.78. The summed E-state index contributed by atoms with van der Waals surface area (Å²) >= 11 is 0. The van der Waals surface area contributed by atoms with Crippen LogP contribution in [0.4, 0.5) is 0 Å². The molecule has 4 rings (SSSR count). The Labute approximate surface area is 192 Å². The van der Waals surface area contributed by atoms with Gasteiger partial charge in [-0.25, -0.2) is 0 Å². The summed E-state index contributed by atoms with van der Waals surface area (Å²) < 4.78 is 12.1. The molecule has 150 valence electrons. The predicted molar refractivity (Wildman–Crippen MR) is 133 cm³/mol. The van der Waals surface area contributed by atoms with E-state index in [0.29, 0.717) is 0 Å². The van der Waals surface area contributed by atoms with Gasteiger partial charge in [0.05, 0.1) is 9.79 Å². The van der Waals surface area contributed by atoms with E-state index in [1.165, 1.54) is 0 Å². The van der Waals surface area contributed by atoms with E-state index >= 15 is 0 Å². The van der Waals surface area contributed by atoms with Gasteiger partial charge in [0.25, 0.3) is 0 Å². The first-order valence-corrected chi connectivity index (χ1v) is 14.0. The molecule has 0 unspecified atom stereocenters. The lowest BCUT2D eigenvalue weighted by Gasteiger charge is -2.11. The number of hydrogen-bond donors (Lipinski definition) is 0. The van der Waals surface area contributed by atoms with Crippen LogP contribution in [-0.4, -0.2) is 0 Å². The van der Waals surface area contributed by atoms with Crippen LogP contribution < -0.4 is 9.47 Å². The summed E-state index contributed by atoms with van der Waals surface area (Å²) in [5, 5.41) is 0. The van der Waals surface area contributed by atoms with Crippen LogP contribution in [0.3, 0.4) is 0 Å². The van der Waals surface area contributed by atoms with E-state index in [4.69, 9.17) is 9.47 Å². The Bertz CT molecular complexity index is 972. The van der Waals surface area contributed by atoms with Crippen molar-refractivity contribution in [2.24, 2.45) is 0 Å². The van der Waals surface area contributed by atoms with Crippen molar-refractivity contribution in [2.45, 2.75) is 9.79 Å². The van der Waals surface area contributed by atoms with Crippen LogP contribution in [0.15, 0.2) is 119 Å². The summed E-state index contributed by atoms with van der Waals surface area (Å²) in [5.41, 5.74) is 0. The van der Waals surface area contributed by atoms with Gasteiger partial charge in [0.15, 0.2) is 0 Å². The molecule has 0 saturated carbocycles. The van der Waals surface area contributed by atoms with Crippen LogP contribution in [-0.2, 0) is 0 Å². The molecule has 0 bridgehead atoms. The Morgan fingerprint density at radius 3 is 1.20 bits per heavy atom. The average Bonchev–Trinajstić information content (AvgIpc) is 2.80. The van der Waals surface area contributed by atoms with Crippen molar-refractivity contribution in [1.82, 2.24) is 0 Å². The molecule has 30 heavy (non-hydrogen) atoms. The van der Waals surface area contributed by atoms with Gasteiger partial charge in [-0.1, -0.05) is 60.7 Å². The zero-order valence-corrected chi connectivity index (χ0v) is 19.1. The third-order valence-corrected chi connectivity index (χ3v) is 10.0. The van der Waals surface area contributed by atoms with Crippen molar-refractivity contribution in [3.05, 3.63) is 109 Å². The van der Waals surface area contributed by atoms with E-state index in [9.17, 15) is 0 Å². The first kappa shape index (κ1) is 21.1. The van der Waals surface area contributed by atoms with Crippen molar-refractivity contribution < 1.29 is 9.47 Å². The molecular formula is C24H18O2S4. The Hall–Kier alpha value is -2.12. The van der Waals surface area contributed by atoms with E-state index in [-0.39, 0.29) is 0 Å². The molecule has 0 aliphatic heterocycles. The first-order valence-electron chi connectivity index (χ1n) is 9.20. The lowest BCUT2D eigenvalue weighted by molar-refractivity contribution is 0.471. The van der Waals surface area contributed by atoms with Gasteiger partial charge >= 0.3 is 0 Å². The molecule has 0 aliphatic carbocycles. The summed E-state index contributed by atoms with van der Waals surface area (Å²) in [6.45, 7) is 0. The van der Waals surface area contributed by atoms with Gasteiger partial charge in [-0.05, 0) is 89.8 Å². The van der Waals surface area contributed by atoms with Gasteiger partial charge < -0.3 is 9.47 Å². The van der Waals surface area contributed by atoms with Crippen LogP contribution >= 0.6 is 41.2 Å². The standard InChI is InChI=1S/C24H18O2S4/c1-3-11-19(12-4-1)25-21-15-7-9-17-23(21)27-29-30-28-24-18-10-8-16-22(24)26-20-13-5-2-6-14-20/h1-18H. The second-order valence-corrected chi connectivity index (χ2v) is 11.8. The molecule has 0 fully saturated rings. The van der Waals surface area contributed by atoms with E-state index in [1.807, 2.05) is 97.1 Å². The van der Waals surface area contributed by atoms with Crippen molar-refractivity contribution in [1.29, 1.82) is 0 Å². The second kappa shape index (κ2) is 11.3. The van der Waals surface area contributed by atoms with Crippen LogP contribution in [0.5, 0.6) is 23.0 Å². The van der Waals surface area contributed by atoms with Crippen LogP contribution in [0.1, 0.15) is 0 Å². The molecule has 0 atom stereocenters. The van der Waals surface area contributed by atoms with Crippen LogP contribution in [0.2, 0.25) is 0 Å². The fourth-order valence-corrected chi connectivity index (χ4v) is 8.14. The van der Waals surface area contributed by atoms with E-state index < -0.39 is 0 Å². The number of benzene rings is 4. The molecule has 6 heteroatoms. The summed E-state index contributed by atoms with van der Waals surface area (Å²) in [4.78, 5) is 2.18. The quantitative estimate of drug-likeness (QED) is 0.179. The number of ether oxygens (including phenoxy) is 2. The summed E-state index contributed by atoms with van der Waals surface area (Å²) in [6, 6.07) is 35.9. The molecule has 0 amide bonds. The van der Waals surface area contributed by atoms with Gasteiger partial charge in [-0.2, -0.15) is 0 Å². The van der Waals surface area contributed by atoms with Crippen molar-refractivity contribution in [3.8, 4) is 23.0 Å². The zero-order valence-electron chi connectivity index (χ0n) is 15.8. The maximum absolute atomic E-state index is 6.04. The predicted octanol–water partition coefficient (Wildman–Crippen LogP) is 9.37. The molecular weight excluding hydrogens is 449 g/mol. The summed E-state index contributed by atoms with van der Waals surface area (Å²) in [5.74, 6) is 3.40. The fraction of sp³-hybridized carbons (Fsp3) is 0. The smallest absolute Gasteiger partial charge is 0.141 e. The maximum atomic E-state index is 6.04. The zero-order chi connectivity index (χ0) is 20.4. The Morgan fingerprint density at radius 2 is 0.767 bits per heavy atom. The lowest BCUT2D eigenvalue weighted by Crippen LogP contribution is -1.85. The van der Waals surface area contributed by atoms with Gasteiger partial charge in [0, 0.05) is 0 Å². The van der Waals surface area contributed by atoms with E-state index in [1.54, 1.807) is 41.2 Å². The first-order chi connectivity index (χ1) is 14.9. The van der Waals surface area contributed by atoms with Crippen molar-refractivity contribution in [2.75, 3.05) is 0 Å². The van der Waals surface area contributed by atoms with Crippen LogP contribution in [0.25, 0.3) is 0 Å². The van der Waals surface area contributed by atoms with E-state index in [2.05, 4.69) is 12.1 Å². The Morgan fingerprint density at radius 1 is 0.400 bits per heavy atom. The Balaban J connectivity index is 1.34. The van der Waals surface area contributed by atoms with Crippen LogP contribution in [0, 0.1) is 0 Å². The minimum atomic E-state index is 0.838. The highest BCUT2D eigenvalue weighted by Gasteiger charge is 2.09. The maximum Gasteiger partial charge on any atom is 0.141 e. The van der Waals surface area contributed by atoms with Crippen molar-refractivity contribution in [3.63, 3.8) is 0 Å². The number of rotatable bonds is 9. The molecule has 4 aromatic carbocycles. The molecule has 0 saturated heterocycles. The molecule has 0 aromatic heterocycles. The topological polar surface area (TPSA) is 18.5 Å². The number of hydrogen-bond acceptors (Lipinski definition) is 6. The highest BCUT2D eigenvalue weighted by molar-refractivity contribution is 9.26. The normalized spacial score (nSPS) is 10.5. The molecule has 0 spiro atoms. The highest BCUT2D eigenvalue weighted by atomic mass is 33.7. The third-order valence-electron chi connectivity index (χ3n) is 3.92. The van der Waals surface area contributed by atoms with Gasteiger partial charge in [0.1, 0.15) is 23.0 Å². The lowest BCUT2D eigenvalue weighted by atomic mass is 10.3. The number of para-hydroxylation sites is 4. The largest absolute Gasteiger partial charge is 0.456 e. The van der Waals surface area contributed by atoms with Gasteiger partial charge in [-0.3, -0.25) is 0 Å². The van der Waals surface area contributed by atoms with Crippen molar-refractivity contribution >= 4 is 41.2 Å². The third kappa shape index (κ3) is 6.19. The minimum Gasteiger partial charge on any atom is -0.456 e. The molecule has 4 aromatic rings. The molecule has 2 nitrogen and oxygen atoms in total. The summed E-state index contributed by atoms with van der Waals surface area (Å²) in [6.07, 6.45) is 0. The fourth-order valence-electron chi connectivity index (χ4n) is 2.54. The molecule has 0 heterocycles. The SMILES string of the molecule is c1ccc(Oc2ccccc2SSSSc2ccccc2Oc2ccccc2)cc1. The highest BCUT2D eigenvalue weighted by Crippen LogP contribution is 2.53. The molecule has 0 N–H and O–H groups in total. The minimum absolute atomic E-state index is 0.838.